The van der Waals surface area contributed by atoms with Crippen LogP contribution in [0.15, 0.2) is 48.7 Å². The molecule has 0 radical (unpaired) electrons. The molecule has 1 heterocycles. The zero-order valence-corrected chi connectivity index (χ0v) is 16.5. The average Bonchev–Trinajstić information content (AvgIpc) is 2.70. The zero-order valence-electron chi connectivity index (χ0n) is 15.7. The van der Waals surface area contributed by atoms with E-state index in [1.54, 1.807) is 30.3 Å². The first-order chi connectivity index (χ1) is 13.4. The molecule has 0 aliphatic heterocycles. The van der Waals surface area contributed by atoms with Crippen LogP contribution >= 0.6 is 11.6 Å². The molecule has 28 heavy (non-hydrogen) atoms. The molecule has 6 heteroatoms. The highest BCUT2D eigenvalue weighted by atomic mass is 35.5. The Morgan fingerprint density at radius 2 is 1.93 bits per heavy atom. The summed E-state index contributed by atoms with van der Waals surface area (Å²) in [5.41, 5.74) is 10.6. The number of nitrogens with two attached hydrogens (primary N) is 1. The monoisotopic (exact) mass is 397 g/mol. The summed E-state index contributed by atoms with van der Waals surface area (Å²) in [6, 6.07) is 12.4. The molecule has 0 aliphatic rings. The Balaban J connectivity index is 1.87. The molecule has 0 saturated carbocycles. The van der Waals surface area contributed by atoms with Crippen molar-refractivity contribution in [3.05, 3.63) is 87.4 Å². The second-order valence-electron chi connectivity index (χ2n) is 6.74. The summed E-state index contributed by atoms with van der Waals surface area (Å²) < 4.78 is 14.2. The van der Waals surface area contributed by atoms with Crippen LogP contribution in [0.1, 0.15) is 32.6 Å². The van der Waals surface area contributed by atoms with E-state index in [1.807, 2.05) is 26.0 Å². The molecule has 0 atom stereocenters. The number of aryl methyl sites for hydroxylation is 2. The van der Waals surface area contributed by atoms with Gasteiger partial charge in [0, 0.05) is 35.4 Å². The van der Waals surface area contributed by atoms with Crippen LogP contribution in [0.2, 0.25) is 5.02 Å². The summed E-state index contributed by atoms with van der Waals surface area (Å²) in [5.74, 6) is -0.840. The molecule has 0 aliphatic carbocycles. The van der Waals surface area contributed by atoms with Gasteiger partial charge in [-0.15, -0.1) is 0 Å². The average molecular weight is 398 g/mol. The van der Waals surface area contributed by atoms with Crippen molar-refractivity contribution >= 4 is 17.5 Å². The van der Waals surface area contributed by atoms with Crippen LogP contribution in [-0.2, 0) is 13.1 Å². The van der Waals surface area contributed by atoms with E-state index in [4.69, 9.17) is 17.3 Å². The number of pyridine rings is 1. The molecular formula is C22H21ClFN3O. The predicted octanol–water partition coefficient (Wildman–Crippen LogP) is 4.55. The SMILES string of the molecule is Cc1cnc(F)c(-c2cc(CN)cc(C(=O)NCc3ccc(Cl)c(C)c3)c2)c1. The van der Waals surface area contributed by atoms with E-state index in [0.29, 0.717) is 28.3 Å². The molecule has 1 amide bonds. The Labute approximate surface area is 168 Å². The van der Waals surface area contributed by atoms with Crippen molar-refractivity contribution in [2.75, 3.05) is 0 Å². The van der Waals surface area contributed by atoms with E-state index in [-0.39, 0.29) is 12.5 Å². The fourth-order valence-corrected chi connectivity index (χ4v) is 3.07. The van der Waals surface area contributed by atoms with Gasteiger partial charge in [0.2, 0.25) is 5.95 Å². The highest BCUT2D eigenvalue weighted by molar-refractivity contribution is 6.31. The zero-order chi connectivity index (χ0) is 20.3. The van der Waals surface area contributed by atoms with Crippen LogP contribution in [0.5, 0.6) is 0 Å². The van der Waals surface area contributed by atoms with Crippen LogP contribution in [0.25, 0.3) is 11.1 Å². The number of benzene rings is 2. The lowest BCUT2D eigenvalue weighted by Gasteiger charge is -2.11. The smallest absolute Gasteiger partial charge is 0.251 e. The molecular weight excluding hydrogens is 377 g/mol. The topological polar surface area (TPSA) is 68.0 Å². The highest BCUT2D eigenvalue weighted by Gasteiger charge is 2.13. The van der Waals surface area contributed by atoms with Gasteiger partial charge in [-0.05, 0) is 72.0 Å². The second-order valence-corrected chi connectivity index (χ2v) is 7.15. The van der Waals surface area contributed by atoms with Crippen molar-refractivity contribution in [2.24, 2.45) is 5.73 Å². The van der Waals surface area contributed by atoms with Crippen LogP contribution in [0, 0.1) is 19.8 Å². The van der Waals surface area contributed by atoms with Gasteiger partial charge < -0.3 is 11.1 Å². The van der Waals surface area contributed by atoms with Crippen molar-refractivity contribution in [3.8, 4) is 11.1 Å². The summed E-state index contributed by atoms with van der Waals surface area (Å²) in [5, 5.41) is 3.57. The number of carbonyl (C=O) groups excluding carboxylic acids is 1. The Hall–Kier alpha value is -2.76. The van der Waals surface area contributed by atoms with Gasteiger partial charge in [0.05, 0.1) is 0 Å². The summed E-state index contributed by atoms with van der Waals surface area (Å²) in [6.45, 7) is 4.35. The molecule has 4 nitrogen and oxygen atoms in total. The first kappa shape index (κ1) is 20.0. The fraction of sp³-hybridized carbons (Fsp3) is 0.182. The van der Waals surface area contributed by atoms with Gasteiger partial charge in [0.25, 0.3) is 5.91 Å². The van der Waals surface area contributed by atoms with E-state index < -0.39 is 5.95 Å². The lowest BCUT2D eigenvalue weighted by Crippen LogP contribution is -2.23. The third-order valence-corrected chi connectivity index (χ3v) is 4.88. The highest BCUT2D eigenvalue weighted by Crippen LogP contribution is 2.25. The van der Waals surface area contributed by atoms with Gasteiger partial charge in [-0.3, -0.25) is 4.79 Å². The van der Waals surface area contributed by atoms with E-state index in [9.17, 15) is 9.18 Å². The minimum absolute atomic E-state index is 0.241. The first-order valence-corrected chi connectivity index (χ1v) is 9.25. The number of nitrogens with zero attached hydrogens (tertiary/aromatic N) is 1. The van der Waals surface area contributed by atoms with Gasteiger partial charge in [0.1, 0.15) is 0 Å². The van der Waals surface area contributed by atoms with Crippen LogP contribution in [0.3, 0.4) is 0 Å². The summed E-state index contributed by atoms with van der Waals surface area (Å²) in [7, 11) is 0. The number of nitrogens with one attached hydrogen (secondary N) is 1. The Kier molecular flexibility index (Phi) is 6.07. The minimum atomic E-state index is -0.581. The molecule has 3 rings (SSSR count). The number of halogens is 2. The lowest BCUT2D eigenvalue weighted by molar-refractivity contribution is 0.0951. The fourth-order valence-electron chi connectivity index (χ4n) is 2.95. The van der Waals surface area contributed by atoms with E-state index in [1.165, 1.54) is 6.20 Å². The molecule has 3 aromatic rings. The third kappa shape index (κ3) is 4.55. The molecule has 0 saturated heterocycles. The number of carbonyl (C=O) groups is 1. The minimum Gasteiger partial charge on any atom is -0.348 e. The maximum absolute atomic E-state index is 14.2. The van der Waals surface area contributed by atoms with E-state index >= 15 is 0 Å². The summed E-state index contributed by atoms with van der Waals surface area (Å²) >= 11 is 6.04. The van der Waals surface area contributed by atoms with E-state index in [2.05, 4.69) is 10.3 Å². The van der Waals surface area contributed by atoms with Crippen molar-refractivity contribution < 1.29 is 9.18 Å². The Morgan fingerprint density at radius 3 is 2.64 bits per heavy atom. The molecule has 3 N–H and O–H groups in total. The maximum atomic E-state index is 14.2. The third-order valence-electron chi connectivity index (χ3n) is 4.45. The lowest BCUT2D eigenvalue weighted by atomic mass is 9.99. The van der Waals surface area contributed by atoms with Gasteiger partial charge in [-0.25, -0.2) is 4.98 Å². The molecule has 0 bridgehead atoms. The van der Waals surface area contributed by atoms with Crippen molar-refractivity contribution in [2.45, 2.75) is 26.9 Å². The molecule has 0 spiro atoms. The second kappa shape index (κ2) is 8.50. The van der Waals surface area contributed by atoms with E-state index in [0.717, 1.165) is 22.3 Å². The van der Waals surface area contributed by atoms with Gasteiger partial charge in [-0.2, -0.15) is 4.39 Å². The van der Waals surface area contributed by atoms with Crippen LogP contribution in [-0.4, -0.2) is 10.9 Å². The van der Waals surface area contributed by atoms with Gasteiger partial charge >= 0.3 is 0 Å². The maximum Gasteiger partial charge on any atom is 0.251 e. The normalized spacial score (nSPS) is 10.8. The summed E-state index contributed by atoms with van der Waals surface area (Å²) in [4.78, 5) is 16.5. The van der Waals surface area contributed by atoms with Crippen molar-refractivity contribution in [1.82, 2.24) is 10.3 Å². The number of amides is 1. The van der Waals surface area contributed by atoms with Crippen molar-refractivity contribution in [1.29, 1.82) is 0 Å². The Morgan fingerprint density at radius 1 is 1.14 bits per heavy atom. The quantitative estimate of drug-likeness (QED) is 0.621. The van der Waals surface area contributed by atoms with Crippen molar-refractivity contribution in [3.63, 3.8) is 0 Å². The standard InChI is InChI=1S/C22H21ClFN3O/c1-13-5-19(21(24)26-11-13)17-7-16(10-25)8-18(9-17)22(28)27-12-15-3-4-20(23)14(2)6-15/h3-9,11H,10,12,25H2,1-2H3,(H,27,28). The van der Waals surface area contributed by atoms with Crippen LogP contribution in [0.4, 0.5) is 4.39 Å². The molecule has 144 valence electrons. The number of rotatable bonds is 5. The Bertz CT molecular complexity index is 1040. The first-order valence-electron chi connectivity index (χ1n) is 8.87. The number of aromatic nitrogens is 1. The molecule has 2 aromatic carbocycles. The van der Waals surface area contributed by atoms with Gasteiger partial charge in [-0.1, -0.05) is 23.7 Å². The number of hydrogen-bond donors (Lipinski definition) is 2. The predicted molar refractivity (Wildman–Crippen MR) is 110 cm³/mol. The molecule has 1 aromatic heterocycles. The largest absolute Gasteiger partial charge is 0.348 e. The summed E-state index contributed by atoms with van der Waals surface area (Å²) in [6.07, 6.45) is 1.47. The van der Waals surface area contributed by atoms with Crippen LogP contribution < -0.4 is 11.1 Å². The molecule has 0 fully saturated rings. The number of hydrogen-bond acceptors (Lipinski definition) is 3. The molecule has 0 unspecified atom stereocenters. The van der Waals surface area contributed by atoms with Gasteiger partial charge in [0.15, 0.2) is 0 Å².